The zero-order valence-electron chi connectivity index (χ0n) is 11.9. The van der Waals surface area contributed by atoms with Crippen LogP contribution in [0.1, 0.15) is 46.0 Å². The molecule has 0 amide bonds. The van der Waals surface area contributed by atoms with Gasteiger partial charge in [0.25, 0.3) is 0 Å². The minimum Gasteiger partial charge on any atom is -0.468 e. The van der Waals surface area contributed by atoms with Crippen molar-refractivity contribution in [1.82, 2.24) is 10.2 Å². The van der Waals surface area contributed by atoms with E-state index in [9.17, 15) is 4.79 Å². The number of carbonyl (C=O) groups excluding carboxylic acids is 1. The minimum absolute atomic E-state index is 0.0845. The van der Waals surface area contributed by atoms with Crippen LogP contribution in [0.25, 0.3) is 0 Å². The standard InChI is InChI=1S/C14H26N2O2/c1-4-15-14(13(17)18-3)8-7-12(10-14)16-9-5-6-11(16)2/h11-12,15H,4-10H2,1-3H3. The molecule has 4 nitrogen and oxygen atoms in total. The molecule has 4 heteroatoms. The minimum atomic E-state index is -0.434. The molecule has 104 valence electrons. The van der Waals surface area contributed by atoms with E-state index in [1.807, 2.05) is 0 Å². The van der Waals surface area contributed by atoms with E-state index in [4.69, 9.17) is 4.74 Å². The number of carbonyl (C=O) groups is 1. The Morgan fingerprint density at radius 2 is 2.28 bits per heavy atom. The number of hydrogen-bond acceptors (Lipinski definition) is 4. The highest BCUT2D eigenvalue weighted by Gasteiger charge is 2.48. The first-order chi connectivity index (χ1) is 8.63. The van der Waals surface area contributed by atoms with Gasteiger partial charge in [0.2, 0.25) is 0 Å². The van der Waals surface area contributed by atoms with Crippen LogP contribution in [0, 0.1) is 0 Å². The number of ether oxygens (including phenoxy) is 1. The summed E-state index contributed by atoms with van der Waals surface area (Å²) in [5.41, 5.74) is -0.434. The third-order valence-corrected chi connectivity index (χ3v) is 4.65. The van der Waals surface area contributed by atoms with Gasteiger partial charge in [-0.3, -0.25) is 9.69 Å². The summed E-state index contributed by atoms with van der Waals surface area (Å²) in [4.78, 5) is 14.7. The van der Waals surface area contributed by atoms with Gasteiger partial charge in [-0.25, -0.2) is 0 Å². The van der Waals surface area contributed by atoms with Gasteiger partial charge < -0.3 is 10.1 Å². The number of nitrogens with zero attached hydrogens (tertiary/aromatic N) is 1. The van der Waals surface area contributed by atoms with Crippen LogP contribution in [-0.2, 0) is 9.53 Å². The smallest absolute Gasteiger partial charge is 0.326 e. The number of esters is 1. The van der Waals surface area contributed by atoms with E-state index in [1.165, 1.54) is 26.5 Å². The van der Waals surface area contributed by atoms with Gasteiger partial charge in [-0.2, -0.15) is 0 Å². The van der Waals surface area contributed by atoms with Crippen molar-refractivity contribution in [3.63, 3.8) is 0 Å². The predicted molar refractivity (Wildman–Crippen MR) is 71.5 cm³/mol. The van der Waals surface area contributed by atoms with Crippen molar-refractivity contribution in [2.75, 3.05) is 20.2 Å². The molecule has 0 spiro atoms. The molecule has 3 atom stereocenters. The van der Waals surface area contributed by atoms with Gasteiger partial charge in [0.05, 0.1) is 7.11 Å². The van der Waals surface area contributed by atoms with E-state index in [2.05, 4.69) is 24.1 Å². The molecule has 1 heterocycles. The van der Waals surface area contributed by atoms with Crippen LogP contribution in [0.2, 0.25) is 0 Å². The van der Waals surface area contributed by atoms with Gasteiger partial charge in [-0.05, 0) is 52.1 Å². The highest BCUT2D eigenvalue weighted by Crippen LogP contribution is 2.37. The lowest BCUT2D eigenvalue weighted by Gasteiger charge is -2.31. The molecule has 0 aromatic rings. The van der Waals surface area contributed by atoms with E-state index in [0.717, 1.165) is 25.8 Å². The molecule has 1 aliphatic carbocycles. The summed E-state index contributed by atoms with van der Waals surface area (Å²) < 4.78 is 5.01. The summed E-state index contributed by atoms with van der Waals surface area (Å²) in [5, 5.41) is 3.38. The lowest BCUT2D eigenvalue weighted by atomic mass is 9.97. The van der Waals surface area contributed by atoms with E-state index in [-0.39, 0.29) is 5.97 Å². The quantitative estimate of drug-likeness (QED) is 0.773. The third kappa shape index (κ3) is 2.41. The Morgan fingerprint density at radius 3 is 2.83 bits per heavy atom. The van der Waals surface area contributed by atoms with Crippen molar-refractivity contribution in [2.24, 2.45) is 0 Å². The van der Waals surface area contributed by atoms with Crippen LogP contribution >= 0.6 is 0 Å². The summed E-state index contributed by atoms with van der Waals surface area (Å²) in [6, 6.07) is 1.21. The summed E-state index contributed by atoms with van der Waals surface area (Å²) in [6.07, 6.45) is 5.50. The fourth-order valence-electron chi connectivity index (χ4n) is 3.75. The maximum absolute atomic E-state index is 12.1. The van der Waals surface area contributed by atoms with Crippen LogP contribution in [0.4, 0.5) is 0 Å². The molecule has 0 aromatic carbocycles. The SMILES string of the molecule is CCNC1(C(=O)OC)CCC(N2CCCC2C)C1. The fourth-order valence-corrected chi connectivity index (χ4v) is 3.75. The molecule has 0 aromatic heterocycles. The number of nitrogens with one attached hydrogen (secondary N) is 1. The Balaban J connectivity index is 2.05. The van der Waals surface area contributed by atoms with Crippen LogP contribution in [0.15, 0.2) is 0 Å². The van der Waals surface area contributed by atoms with Gasteiger partial charge in [0, 0.05) is 12.1 Å². The Hall–Kier alpha value is -0.610. The van der Waals surface area contributed by atoms with Gasteiger partial charge in [-0.15, -0.1) is 0 Å². The van der Waals surface area contributed by atoms with Gasteiger partial charge in [0.1, 0.15) is 5.54 Å². The van der Waals surface area contributed by atoms with Crippen LogP contribution in [0.5, 0.6) is 0 Å². The maximum Gasteiger partial charge on any atom is 0.326 e. The average molecular weight is 254 g/mol. The first-order valence-corrected chi connectivity index (χ1v) is 7.22. The number of methoxy groups -OCH3 is 1. The molecule has 1 aliphatic heterocycles. The lowest BCUT2D eigenvalue weighted by Crippen LogP contribution is -2.52. The van der Waals surface area contributed by atoms with Gasteiger partial charge in [0.15, 0.2) is 0 Å². The topological polar surface area (TPSA) is 41.6 Å². The second kappa shape index (κ2) is 5.57. The van der Waals surface area contributed by atoms with Crippen molar-refractivity contribution < 1.29 is 9.53 Å². The van der Waals surface area contributed by atoms with Crippen LogP contribution in [-0.4, -0.2) is 48.7 Å². The second-order valence-corrected chi connectivity index (χ2v) is 5.73. The van der Waals surface area contributed by atoms with Crippen LogP contribution < -0.4 is 5.32 Å². The van der Waals surface area contributed by atoms with Crippen molar-refractivity contribution in [3.8, 4) is 0 Å². The predicted octanol–water partition coefficient (Wildman–Crippen LogP) is 1.54. The average Bonchev–Trinajstić information content (AvgIpc) is 2.96. The third-order valence-electron chi connectivity index (χ3n) is 4.65. The van der Waals surface area contributed by atoms with E-state index >= 15 is 0 Å². The van der Waals surface area contributed by atoms with Crippen LogP contribution in [0.3, 0.4) is 0 Å². The molecule has 0 bridgehead atoms. The lowest BCUT2D eigenvalue weighted by molar-refractivity contribution is -0.148. The van der Waals surface area contributed by atoms with Crippen molar-refractivity contribution >= 4 is 5.97 Å². The highest BCUT2D eigenvalue weighted by molar-refractivity contribution is 5.81. The van der Waals surface area contributed by atoms with Crippen molar-refractivity contribution in [2.45, 2.75) is 63.6 Å². The highest BCUT2D eigenvalue weighted by atomic mass is 16.5. The molecular formula is C14H26N2O2. The summed E-state index contributed by atoms with van der Waals surface area (Å²) in [6.45, 7) is 6.36. The first-order valence-electron chi connectivity index (χ1n) is 7.22. The van der Waals surface area contributed by atoms with E-state index < -0.39 is 5.54 Å². The number of likely N-dealkylation sites (N-methyl/N-ethyl adjacent to an activating group) is 1. The Kier molecular flexibility index (Phi) is 4.28. The Labute approximate surface area is 110 Å². The van der Waals surface area contributed by atoms with Gasteiger partial charge >= 0.3 is 5.97 Å². The monoisotopic (exact) mass is 254 g/mol. The van der Waals surface area contributed by atoms with E-state index in [0.29, 0.717) is 12.1 Å². The molecular weight excluding hydrogens is 228 g/mol. The Morgan fingerprint density at radius 1 is 1.50 bits per heavy atom. The zero-order valence-corrected chi connectivity index (χ0v) is 11.9. The largest absolute Gasteiger partial charge is 0.468 e. The molecule has 2 rings (SSSR count). The molecule has 0 radical (unpaired) electrons. The molecule has 18 heavy (non-hydrogen) atoms. The van der Waals surface area contributed by atoms with Crippen molar-refractivity contribution in [3.05, 3.63) is 0 Å². The number of hydrogen-bond donors (Lipinski definition) is 1. The summed E-state index contributed by atoms with van der Waals surface area (Å²) >= 11 is 0. The number of rotatable bonds is 4. The normalized spacial score (nSPS) is 37.1. The fraction of sp³-hybridized carbons (Fsp3) is 0.929. The molecule has 2 fully saturated rings. The van der Waals surface area contributed by atoms with Crippen molar-refractivity contribution in [1.29, 1.82) is 0 Å². The molecule has 1 saturated carbocycles. The molecule has 3 unspecified atom stereocenters. The molecule has 1 N–H and O–H groups in total. The second-order valence-electron chi connectivity index (χ2n) is 5.73. The molecule has 2 aliphatic rings. The zero-order chi connectivity index (χ0) is 13.2. The van der Waals surface area contributed by atoms with E-state index in [1.54, 1.807) is 0 Å². The Bertz CT molecular complexity index is 308. The van der Waals surface area contributed by atoms with Gasteiger partial charge in [-0.1, -0.05) is 6.92 Å². The summed E-state index contributed by atoms with van der Waals surface area (Å²) in [5.74, 6) is -0.0845. The maximum atomic E-state index is 12.1. The molecule has 1 saturated heterocycles. The number of likely N-dealkylation sites (tertiary alicyclic amines) is 1. The first kappa shape index (κ1) is 13.8. The summed E-state index contributed by atoms with van der Waals surface area (Å²) in [7, 11) is 1.49.